The fraction of sp³-hybridized carbons (Fsp3) is 0.0588. The summed E-state index contributed by atoms with van der Waals surface area (Å²) in [6, 6.07) is 17.8. The van der Waals surface area contributed by atoms with Crippen LogP contribution in [0.15, 0.2) is 67.0 Å². The van der Waals surface area contributed by atoms with Crippen LogP contribution < -0.4 is 4.74 Å². The van der Waals surface area contributed by atoms with E-state index < -0.39 is 0 Å². The summed E-state index contributed by atoms with van der Waals surface area (Å²) in [5.74, 6) is 1.58. The van der Waals surface area contributed by atoms with Gasteiger partial charge in [-0.25, -0.2) is 9.97 Å². The number of methoxy groups -OCH3 is 1. The van der Waals surface area contributed by atoms with Crippen molar-refractivity contribution >= 4 is 0 Å². The predicted molar refractivity (Wildman–Crippen MR) is 79.5 cm³/mol. The number of ether oxygens (including phenoxy) is 1. The van der Waals surface area contributed by atoms with Crippen LogP contribution in [-0.4, -0.2) is 17.1 Å². The standard InChI is InChI=1S/C17H14N2O/c1-20-16-9-7-13(8-10-16)15-11-18-17(19-12-15)14-5-3-2-4-6-14/h2-12H,1H3. The smallest absolute Gasteiger partial charge is 0.159 e. The third-order valence-corrected chi connectivity index (χ3v) is 3.11. The molecule has 1 heterocycles. The van der Waals surface area contributed by atoms with Crippen molar-refractivity contribution in [2.24, 2.45) is 0 Å². The Kier molecular flexibility index (Phi) is 3.42. The van der Waals surface area contributed by atoms with E-state index in [0.29, 0.717) is 0 Å². The highest BCUT2D eigenvalue weighted by molar-refractivity contribution is 5.64. The van der Waals surface area contributed by atoms with Gasteiger partial charge in [0.1, 0.15) is 5.75 Å². The minimum Gasteiger partial charge on any atom is -0.497 e. The highest BCUT2D eigenvalue weighted by Crippen LogP contribution is 2.22. The van der Waals surface area contributed by atoms with Crippen LogP contribution in [0.25, 0.3) is 22.5 Å². The van der Waals surface area contributed by atoms with Crippen molar-refractivity contribution in [2.45, 2.75) is 0 Å². The summed E-state index contributed by atoms with van der Waals surface area (Å²) < 4.78 is 5.15. The average Bonchev–Trinajstić information content (AvgIpc) is 2.56. The van der Waals surface area contributed by atoms with Gasteiger partial charge in [0.15, 0.2) is 5.82 Å². The number of nitrogens with zero attached hydrogens (tertiary/aromatic N) is 2. The molecule has 3 aromatic rings. The Labute approximate surface area is 117 Å². The maximum Gasteiger partial charge on any atom is 0.159 e. The number of rotatable bonds is 3. The summed E-state index contributed by atoms with van der Waals surface area (Å²) in [6.45, 7) is 0. The molecule has 0 unspecified atom stereocenters. The lowest BCUT2D eigenvalue weighted by atomic mass is 10.1. The molecule has 0 N–H and O–H groups in total. The Morgan fingerprint density at radius 2 is 1.35 bits per heavy atom. The molecule has 0 atom stereocenters. The van der Waals surface area contributed by atoms with Crippen molar-refractivity contribution in [1.82, 2.24) is 9.97 Å². The van der Waals surface area contributed by atoms with E-state index in [1.165, 1.54) is 0 Å². The maximum absolute atomic E-state index is 5.15. The van der Waals surface area contributed by atoms with Gasteiger partial charge >= 0.3 is 0 Å². The van der Waals surface area contributed by atoms with Crippen molar-refractivity contribution in [3.63, 3.8) is 0 Å². The molecule has 0 saturated carbocycles. The molecule has 0 fully saturated rings. The van der Waals surface area contributed by atoms with Gasteiger partial charge in [-0.05, 0) is 17.7 Å². The van der Waals surface area contributed by atoms with E-state index in [2.05, 4.69) is 9.97 Å². The van der Waals surface area contributed by atoms with Gasteiger partial charge in [0, 0.05) is 23.5 Å². The van der Waals surface area contributed by atoms with E-state index in [0.717, 1.165) is 28.3 Å². The summed E-state index contributed by atoms with van der Waals surface area (Å²) >= 11 is 0. The van der Waals surface area contributed by atoms with Crippen molar-refractivity contribution in [3.05, 3.63) is 67.0 Å². The molecule has 0 amide bonds. The number of benzene rings is 2. The first-order chi connectivity index (χ1) is 9.86. The first-order valence-corrected chi connectivity index (χ1v) is 6.39. The van der Waals surface area contributed by atoms with Crippen molar-refractivity contribution in [1.29, 1.82) is 0 Å². The van der Waals surface area contributed by atoms with Gasteiger partial charge in [-0.3, -0.25) is 0 Å². The van der Waals surface area contributed by atoms with Crippen molar-refractivity contribution < 1.29 is 4.74 Å². The van der Waals surface area contributed by atoms with Crippen LogP contribution in [0.1, 0.15) is 0 Å². The fourth-order valence-corrected chi connectivity index (χ4v) is 2.00. The van der Waals surface area contributed by atoms with Gasteiger partial charge in [0.2, 0.25) is 0 Å². The summed E-state index contributed by atoms with van der Waals surface area (Å²) in [5, 5.41) is 0. The van der Waals surface area contributed by atoms with Crippen LogP contribution in [-0.2, 0) is 0 Å². The monoisotopic (exact) mass is 262 g/mol. The van der Waals surface area contributed by atoms with Gasteiger partial charge < -0.3 is 4.74 Å². The molecule has 0 aliphatic heterocycles. The lowest BCUT2D eigenvalue weighted by molar-refractivity contribution is 0.415. The lowest BCUT2D eigenvalue weighted by Gasteiger charge is -2.04. The highest BCUT2D eigenvalue weighted by Gasteiger charge is 2.02. The van der Waals surface area contributed by atoms with E-state index in [-0.39, 0.29) is 0 Å². The van der Waals surface area contributed by atoms with Gasteiger partial charge in [0.25, 0.3) is 0 Å². The number of hydrogen-bond donors (Lipinski definition) is 0. The Hall–Kier alpha value is -2.68. The maximum atomic E-state index is 5.15. The Morgan fingerprint density at radius 3 is 1.95 bits per heavy atom. The molecule has 3 nitrogen and oxygen atoms in total. The Balaban J connectivity index is 1.89. The molecular weight excluding hydrogens is 248 g/mol. The molecule has 0 bridgehead atoms. The topological polar surface area (TPSA) is 35.0 Å². The first kappa shape index (κ1) is 12.4. The van der Waals surface area contributed by atoms with Crippen LogP contribution in [0, 0.1) is 0 Å². The number of hydrogen-bond acceptors (Lipinski definition) is 3. The van der Waals surface area contributed by atoms with Gasteiger partial charge in [-0.15, -0.1) is 0 Å². The Bertz CT molecular complexity index is 676. The van der Waals surface area contributed by atoms with E-state index in [1.807, 2.05) is 67.0 Å². The van der Waals surface area contributed by atoms with Crippen molar-refractivity contribution in [2.75, 3.05) is 7.11 Å². The molecule has 98 valence electrons. The molecule has 0 saturated heterocycles. The number of aromatic nitrogens is 2. The van der Waals surface area contributed by atoms with Gasteiger partial charge in [-0.1, -0.05) is 42.5 Å². The van der Waals surface area contributed by atoms with Gasteiger partial charge in [-0.2, -0.15) is 0 Å². The van der Waals surface area contributed by atoms with Crippen LogP contribution in [0.2, 0.25) is 0 Å². The van der Waals surface area contributed by atoms with E-state index in [1.54, 1.807) is 7.11 Å². The predicted octanol–water partition coefficient (Wildman–Crippen LogP) is 3.82. The third kappa shape index (κ3) is 2.52. The SMILES string of the molecule is COc1ccc(-c2cnc(-c3ccccc3)nc2)cc1. The molecule has 1 aromatic heterocycles. The van der Waals surface area contributed by atoms with E-state index in [9.17, 15) is 0 Å². The lowest BCUT2D eigenvalue weighted by Crippen LogP contribution is -1.89. The molecule has 0 aliphatic rings. The fourth-order valence-electron chi connectivity index (χ4n) is 2.00. The molecular formula is C17H14N2O. The second-order valence-electron chi connectivity index (χ2n) is 4.39. The minimum atomic E-state index is 0.739. The summed E-state index contributed by atoms with van der Waals surface area (Å²) in [4.78, 5) is 8.85. The summed E-state index contributed by atoms with van der Waals surface area (Å²) in [6.07, 6.45) is 3.69. The quantitative estimate of drug-likeness (QED) is 0.719. The third-order valence-electron chi connectivity index (χ3n) is 3.11. The minimum absolute atomic E-state index is 0.739. The van der Waals surface area contributed by atoms with Crippen LogP contribution in [0.4, 0.5) is 0 Å². The molecule has 20 heavy (non-hydrogen) atoms. The normalized spacial score (nSPS) is 10.2. The van der Waals surface area contributed by atoms with Crippen molar-refractivity contribution in [3.8, 4) is 28.3 Å². The highest BCUT2D eigenvalue weighted by atomic mass is 16.5. The molecule has 0 spiro atoms. The Morgan fingerprint density at radius 1 is 0.700 bits per heavy atom. The molecule has 2 aromatic carbocycles. The largest absolute Gasteiger partial charge is 0.497 e. The zero-order chi connectivity index (χ0) is 13.8. The van der Waals surface area contributed by atoms with E-state index in [4.69, 9.17) is 4.74 Å². The summed E-state index contributed by atoms with van der Waals surface area (Å²) in [5.41, 5.74) is 3.09. The van der Waals surface area contributed by atoms with Crippen LogP contribution in [0.5, 0.6) is 5.75 Å². The van der Waals surface area contributed by atoms with Crippen LogP contribution >= 0.6 is 0 Å². The van der Waals surface area contributed by atoms with E-state index >= 15 is 0 Å². The average molecular weight is 262 g/mol. The van der Waals surface area contributed by atoms with Crippen LogP contribution in [0.3, 0.4) is 0 Å². The molecule has 0 radical (unpaired) electrons. The zero-order valence-electron chi connectivity index (χ0n) is 11.2. The molecule has 3 rings (SSSR count). The molecule has 3 heteroatoms. The first-order valence-electron chi connectivity index (χ1n) is 6.39. The second kappa shape index (κ2) is 5.53. The second-order valence-corrected chi connectivity index (χ2v) is 4.39. The zero-order valence-corrected chi connectivity index (χ0v) is 11.2. The van der Waals surface area contributed by atoms with Gasteiger partial charge in [0.05, 0.1) is 7.11 Å². The summed E-state index contributed by atoms with van der Waals surface area (Å²) in [7, 11) is 1.66. The molecule has 0 aliphatic carbocycles.